The third kappa shape index (κ3) is 2.42. The molecule has 1 spiro atoms. The Morgan fingerprint density at radius 3 is 2.44 bits per heavy atom. The Labute approximate surface area is 110 Å². The predicted octanol–water partition coefficient (Wildman–Crippen LogP) is 2.31. The number of carbonyl (C=O) groups excluding carboxylic acids is 1. The fourth-order valence-electron chi connectivity index (χ4n) is 3.59. The highest BCUT2D eigenvalue weighted by Crippen LogP contribution is 2.47. The van der Waals surface area contributed by atoms with Gasteiger partial charge in [-0.15, -0.1) is 0 Å². The molecule has 1 aliphatic heterocycles. The Morgan fingerprint density at radius 2 is 1.83 bits per heavy atom. The van der Waals surface area contributed by atoms with E-state index in [1.165, 1.54) is 51.4 Å². The van der Waals surface area contributed by atoms with Gasteiger partial charge in [0.1, 0.15) is 0 Å². The lowest BCUT2D eigenvalue weighted by molar-refractivity contribution is -0.135. The maximum atomic E-state index is 12.5. The molecule has 1 saturated heterocycles. The van der Waals surface area contributed by atoms with Crippen LogP contribution in [0.2, 0.25) is 0 Å². The summed E-state index contributed by atoms with van der Waals surface area (Å²) in [5.74, 6) is 0.352. The minimum Gasteiger partial charge on any atom is -0.338 e. The van der Waals surface area contributed by atoms with E-state index in [-0.39, 0.29) is 6.04 Å². The van der Waals surface area contributed by atoms with E-state index in [4.69, 9.17) is 0 Å². The molecule has 3 fully saturated rings. The van der Waals surface area contributed by atoms with Gasteiger partial charge < -0.3 is 10.2 Å². The van der Waals surface area contributed by atoms with E-state index >= 15 is 0 Å². The standard InChI is InChI=1S/C15H26N2O/c1-12-14(18)17(11-15(8-9-15)10-16-12)13-6-4-2-3-5-7-13/h12-13,16H,2-11H2,1H3. The molecule has 18 heavy (non-hydrogen) atoms. The maximum absolute atomic E-state index is 12.5. The van der Waals surface area contributed by atoms with Crippen LogP contribution in [0.25, 0.3) is 0 Å². The van der Waals surface area contributed by atoms with Crippen molar-refractivity contribution in [2.24, 2.45) is 5.41 Å². The first-order valence-electron chi connectivity index (χ1n) is 7.74. The predicted molar refractivity (Wildman–Crippen MR) is 72.3 cm³/mol. The van der Waals surface area contributed by atoms with Gasteiger partial charge in [0.2, 0.25) is 5.91 Å². The molecule has 102 valence electrons. The van der Waals surface area contributed by atoms with E-state index in [0.29, 0.717) is 17.4 Å². The Hall–Kier alpha value is -0.570. The van der Waals surface area contributed by atoms with Gasteiger partial charge in [-0.05, 0) is 32.6 Å². The summed E-state index contributed by atoms with van der Waals surface area (Å²) in [6.07, 6.45) is 10.4. The molecule has 1 amide bonds. The van der Waals surface area contributed by atoms with E-state index in [1.807, 2.05) is 6.92 Å². The molecule has 0 aromatic carbocycles. The fourth-order valence-corrected chi connectivity index (χ4v) is 3.59. The zero-order valence-electron chi connectivity index (χ0n) is 11.6. The number of hydrogen-bond donors (Lipinski definition) is 1. The van der Waals surface area contributed by atoms with Crippen LogP contribution in [-0.4, -0.2) is 36.0 Å². The van der Waals surface area contributed by atoms with Crippen LogP contribution < -0.4 is 5.32 Å². The van der Waals surface area contributed by atoms with Crippen molar-refractivity contribution < 1.29 is 4.79 Å². The SMILES string of the molecule is CC1NCC2(CC2)CN(C2CCCCCC2)C1=O. The van der Waals surface area contributed by atoms with Crippen molar-refractivity contribution in [1.82, 2.24) is 10.2 Å². The van der Waals surface area contributed by atoms with Crippen LogP contribution in [0.3, 0.4) is 0 Å². The smallest absolute Gasteiger partial charge is 0.239 e. The molecule has 3 nitrogen and oxygen atoms in total. The molecule has 3 heteroatoms. The topological polar surface area (TPSA) is 32.3 Å². The third-order valence-corrected chi connectivity index (χ3v) is 5.17. The number of hydrogen-bond acceptors (Lipinski definition) is 2. The highest BCUT2D eigenvalue weighted by atomic mass is 16.2. The third-order valence-electron chi connectivity index (χ3n) is 5.17. The summed E-state index contributed by atoms with van der Waals surface area (Å²) in [5, 5.41) is 3.44. The summed E-state index contributed by atoms with van der Waals surface area (Å²) < 4.78 is 0. The molecule has 1 unspecified atom stereocenters. The van der Waals surface area contributed by atoms with Gasteiger partial charge in [0, 0.05) is 24.5 Å². The molecule has 1 heterocycles. The van der Waals surface area contributed by atoms with Crippen molar-refractivity contribution in [1.29, 1.82) is 0 Å². The molecule has 1 atom stereocenters. The summed E-state index contributed by atoms with van der Waals surface area (Å²) in [6.45, 7) is 4.10. The summed E-state index contributed by atoms with van der Waals surface area (Å²) in [6, 6.07) is 0.549. The van der Waals surface area contributed by atoms with Crippen LogP contribution in [0.4, 0.5) is 0 Å². The molecule has 3 rings (SSSR count). The van der Waals surface area contributed by atoms with Crippen LogP contribution in [0.15, 0.2) is 0 Å². The van der Waals surface area contributed by atoms with Gasteiger partial charge in [0.25, 0.3) is 0 Å². The summed E-state index contributed by atoms with van der Waals surface area (Å²) in [4.78, 5) is 14.8. The second kappa shape index (κ2) is 4.84. The molecule has 3 aliphatic rings. The minimum absolute atomic E-state index is 0.0215. The van der Waals surface area contributed by atoms with Crippen LogP contribution in [-0.2, 0) is 4.79 Å². The van der Waals surface area contributed by atoms with E-state index in [1.54, 1.807) is 0 Å². The summed E-state index contributed by atoms with van der Waals surface area (Å²) >= 11 is 0. The van der Waals surface area contributed by atoms with Gasteiger partial charge in [-0.25, -0.2) is 0 Å². The first-order valence-corrected chi connectivity index (χ1v) is 7.74. The van der Waals surface area contributed by atoms with Crippen molar-refractivity contribution >= 4 is 5.91 Å². The molecular formula is C15H26N2O. The molecule has 2 saturated carbocycles. The molecule has 2 aliphatic carbocycles. The van der Waals surface area contributed by atoms with Crippen molar-refractivity contribution in [2.75, 3.05) is 13.1 Å². The zero-order valence-corrected chi connectivity index (χ0v) is 11.6. The van der Waals surface area contributed by atoms with Gasteiger partial charge in [-0.3, -0.25) is 4.79 Å². The quantitative estimate of drug-likeness (QED) is 0.724. The number of nitrogens with one attached hydrogen (secondary N) is 1. The van der Waals surface area contributed by atoms with Gasteiger partial charge >= 0.3 is 0 Å². The van der Waals surface area contributed by atoms with Gasteiger partial charge in [0.15, 0.2) is 0 Å². The molecule has 0 bridgehead atoms. The fraction of sp³-hybridized carbons (Fsp3) is 0.933. The van der Waals surface area contributed by atoms with Gasteiger partial charge in [0.05, 0.1) is 6.04 Å². The Kier molecular flexibility index (Phi) is 3.35. The lowest BCUT2D eigenvalue weighted by atomic mass is 10.0. The highest BCUT2D eigenvalue weighted by Gasteiger charge is 2.48. The van der Waals surface area contributed by atoms with Crippen LogP contribution in [0.1, 0.15) is 58.3 Å². The molecule has 0 radical (unpaired) electrons. The van der Waals surface area contributed by atoms with Crippen molar-refractivity contribution in [2.45, 2.75) is 70.4 Å². The number of rotatable bonds is 1. The van der Waals surface area contributed by atoms with Crippen molar-refractivity contribution in [3.63, 3.8) is 0 Å². The first-order chi connectivity index (χ1) is 8.70. The highest BCUT2D eigenvalue weighted by molar-refractivity contribution is 5.82. The van der Waals surface area contributed by atoms with Crippen LogP contribution in [0.5, 0.6) is 0 Å². The number of nitrogens with zero attached hydrogens (tertiary/aromatic N) is 1. The average molecular weight is 250 g/mol. The Morgan fingerprint density at radius 1 is 1.17 bits per heavy atom. The number of amides is 1. The maximum Gasteiger partial charge on any atom is 0.239 e. The van der Waals surface area contributed by atoms with Gasteiger partial charge in [-0.1, -0.05) is 25.7 Å². The van der Waals surface area contributed by atoms with Crippen LogP contribution in [0, 0.1) is 5.41 Å². The lowest BCUT2D eigenvalue weighted by Crippen LogP contribution is -2.47. The van der Waals surface area contributed by atoms with E-state index in [9.17, 15) is 4.79 Å². The largest absolute Gasteiger partial charge is 0.338 e. The van der Waals surface area contributed by atoms with E-state index < -0.39 is 0 Å². The molecule has 1 N–H and O–H groups in total. The summed E-state index contributed by atoms with van der Waals surface area (Å²) in [5.41, 5.74) is 0.437. The lowest BCUT2D eigenvalue weighted by Gasteiger charge is -2.33. The zero-order chi connectivity index (χ0) is 12.6. The minimum atomic E-state index is 0.0215. The Balaban J connectivity index is 1.75. The molecule has 0 aromatic heterocycles. The van der Waals surface area contributed by atoms with E-state index in [2.05, 4.69) is 10.2 Å². The first kappa shape index (κ1) is 12.5. The molecule has 0 aromatic rings. The van der Waals surface area contributed by atoms with Crippen molar-refractivity contribution in [3.8, 4) is 0 Å². The van der Waals surface area contributed by atoms with Gasteiger partial charge in [-0.2, -0.15) is 0 Å². The van der Waals surface area contributed by atoms with Crippen LogP contribution >= 0.6 is 0 Å². The number of carbonyl (C=O) groups is 1. The monoisotopic (exact) mass is 250 g/mol. The van der Waals surface area contributed by atoms with E-state index in [0.717, 1.165) is 13.1 Å². The molecular weight excluding hydrogens is 224 g/mol. The Bertz CT molecular complexity index is 316. The normalized spacial score (nSPS) is 33.3. The average Bonchev–Trinajstić information content (AvgIpc) is 3.17. The second-order valence-electron chi connectivity index (χ2n) is 6.71. The van der Waals surface area contributed by atoms with Crippen molar-refractivity contribution in [3.05, 3.63) is 0 Å². The second-order valence-corrected chi connectivity index (χ2v) is 6.71. The summed E-state index contributed by atoms with van der Waals surface area (Å²) in [7, 11) is 0.